The van der Waals surface area contributed by atoms with Crippen LogP contribution in [0.25, 0.3) is 0 Å². The van der Waals surface area contributed by atoms with Crippen LogP contribution in [0.4, 0.5) is 4.79 Å². The minimum atomic E-state index is -0.476. The van der Waals surface area contributed by atoms with Gasteiger partial charge >= 0.3 is 12.1 Å². The molecule has 0 radical (unpaired) electrons. The summed E-state index contributed by atoms with van der Waals surface area (Å²) in [6.07, 6.45) is 18.6. The third-order valence-electron chi connectivity index (χ3n) is 5.53. The number of carbonyl (C=O) groups is 2. The lowest BCUT2D eigenvalue weighted by Crippen LogP contribution is -2.33. The first-order valence-corrected chi connectivity index (χ1v) is 13.4. The van der Waals surface area contributed by atoms with E-state index in [0.29, 0.717) is 13.0 Å². The van der Waals surface area contributed by atoms with Gasteiger partial charge in [0.2, 0.25) is 0 Å². The zero-order chi connectivity index (χ0) is 24.1. The fourth-order valence-electron chi connectivity index (χ4n) is 3.71. The first-order valence-electron chi connectivity index (χ1n) is 13.4. The summed E-state index contributed by atoms with van der Waals surface area (Å²) in [4.78, 5) is 23.9. The number of rotatable bonds is 20. The lowest BCUT2D eigenvalue weighted by atomic mass is 10.0. The summed E-state index contributed by atoms with van der Waals surface area (Å²) in [5, 5.41) is 2.76. The first kappa shape index (κ1) is 30.7. The molecule has 0 aromatic carbocycles. The lowest BCUT2D eigenvalue weighted by Gasteiger charge is -2.19. The molecule has 0 spiro atoms. The van der Waals surface area contributed by atoms with Crippen LogP contribution < -0.4 is 5.32 Å². The maximum absolute atomic E-state index is 12.3. The van der Waals surface area contributed by atoms with E-state index in [0.717, 1.165) is 44.9 Å². The highest BCUT2D eigenvalue weighted by Crippen LogP contribution is 2.17. The molecule has 0 aromatic heterocycles. The van der Waals surface area contributed by atoms with Crippen LogP contribution in [0.1, 0.15) is 144 Å². The highest BCUT2D eigenvalue weighted by atomic mass is 16.6. The number of alkyl carbamates (subject to hydrolysis) is 1. The van der Waals surface area contributed by atoms with E-state index in [2.05, 4.69) is 19.2 Å². The Kier molecular flexibility index (Phi) is 19.6. The number of hydrogen-bond donors (Lipinski definition) is 1. The van der Waals surface area contributed by atoms with E-state index in [4.69, 9.17) is 9.47 Å². The molecule has 1 amide bonds. The minimum Gasteiger partial charge on any atom is -0.462 e. The summed E-state index contributed by atoms with van der Waals surface area (Å²) in [5.74, 6) is -0.0615. The maximum atomic E-state index is 12.3. The van der Waals surface area contributed by atoms with Gasteiger partial charge in [0.1, 0.15) is 11.7 Å². The van der Waals surface area contributed by atoms with Crippen LogP contribution >= 0.6 is 0 Å². The average molecular weight is 456 g/mol. The standard InChI is InChI=1S/C27H53NO4/c1-6-8-10-12-13-14-17-21-24(20-16-11-9-7-2)31-25(29)22-18-15-19-23-28-26(30)32-27(3,4)5/h24H,6-23H2,1-5H3,(H,28,30). The van der Waals surface area contributed by atoms with Crippen molar-refractivity contribution in [3.8, 4) is 0 Å². The normalized spacial score (nSPS) is 12.4. The number of esters is 1. The molecule has 0 bridgehead atoms. The van der Waals surface area contributed by atoms with Crippen molar-refractivity contribution < 1.29 is 19.1 Å². The molecular formula is C27H53NO4. The van der Waals surface area contributed by atoms with E-state index in [9.17, 15) is 9.59 Å². The highest BCUT2D eigenvalue weighted by molar-refractivity contribution is 5.69. The molecule has 0 aromatic rings. The van der Waals surface area contributed by atoms with Gasteiger partial charge in [0.25, 0.3) is 0 Å². The van der Waals surface area contributed by atoms with Gasteiger partial charge < -0.3 is 14.8 Å². The van der Waals surface area contributed by atoms with Crippen LogP contribution in [0.2, 0.25) is 0 Å². The fraction of sp³-hybridized carbons (Fsp3) is 0.926. The fourth-order valence-corrected chi connectivity index (χ4v) is 3.71. The molecule has 0 saturated heterocycles. The molecule has 5 heteroatoms. The van der Waals surface area contributed by atoms with Crippen molar-refractivity contribution in [1.82, 2.24) is 5.32 Å². The molecule has 5 nitrogen and oxygen atoms in total. The van der Waals surface area contributed by atoms with Gasteiger partial charge in [-0.3, -0.25) is 4.79 Å². The van der Waals surface area contributed by atoms with E-state index in [1.807, 2.05) is 20.8 Å². The Morgan fingerprint density at radius 3 is 1.78 bits per heavy atom. The highest BCUT2D eigenvalue weighted by Gasteiger charge is 2.16. The molecule has 1 atom stereocenters. The quantitative estimate of drug-likeness (QED) is 0.149. The van der Waals surface area contributed by atoms with Crippen LogP contribution in [0, 0.1) is 0 Å². The Labute approximate surface area is 198 Å². The van der Waals surface area contributed by atoms with E-state index in [1.54, 1.807) is 0 Å². The van der Waals surface area contributed by atoms with Gasteiger partial charge in [-0.1, -0.05) is 78.1 Å². The van der Waals surface area contributed by atoms with Gasteiger partial charge in [0, 0.05) is 13.0 Å². The predicted molar refractivity (Wildman–Crippen MR) is 134 cm³/mol. The van der Waals surface area contributed by atoms with Crippen molar-refractivity contribution in [1.29, 1.82) is 0 Å². The lowest BCUT2D eigenvalue weighted by molar-refractivity contribution is -0.150. The molecule has 32 heavy (non-hydrogen) atoms. The molecule has 0 aliphatic heterocycles. The van der Waals surface area contributed by atoms with E-state index in [1.165, 1.54) is 57.8 Å². The van der Waals surface area contributed by atoms with E-state index < -0.39 is 5.60 Å². The average Bonchev–Trinajstić information content (AvgIpc) is 2.71. The van der Waals surface area contributed by atoms with Crippen LogP contribution in [0.5, 0.6) is 0 Å². The van der Waals surface area contributed by atoms with Crippen molar-refractivity contribution in [2.24, 2.45) is 0 Å². The zero-order valence-corrected chi connectivity index (χ0v) is 21.9. The first-order chi connectivity index (χ1) is 15.3. The van der Waals surface area contributed by atoms with Gasteiger partial charge in [0.05, 0.1) is 0 Å². The van der Waals surface area contributed by atoms with E-state index >= 15 is 0 Å². The van der Waals surface area contributed by atoms with Crippen molar-refractivity contribution in [3.63, 3.8) is 0 Å². The third kappa shape index (κ3) is 22.0. The Bertz CT molecular complexity index is 459. The Balaban J connectivity index is 4.01. The molecule has 0 aliphatic rings. The van der Waals surface area contributed by atoms with Crippen LogP contribution in [0.3, 0.4) is 0 Å². The Morgan fingerprint density at radius 2 is 1.22 bits per heavy atom. The molecule has 1 N–H and O–H groups in total. The largest absolute Gasteiger partial charge is 0.462 e. The van der Waals surface area contributed by atoms with E-state index in [-0.39, 0.29) is 18.2 Å². The number of hydrogen-bond acceptors (Lipinski definition) is 4. The summed E-state index contributed by atoms with van der Waals surface area (Å²) in [7, 11) is 0. The molecular weight excluding hydrogens is 402 g/mol. The Morgan fingerprint density at radius 1 is 0.719 bits per heavy atom. The number of unbranched alkanes of at least 4 members (excludes halogenated alkanes) is 11. The van der Waals surface area contributed by atoms with Crippen LogP contribution in [-0.2, 0) is 14.3 Å². The number of carbonyl (C=O) groups excluding carboxylic acids is 2. The summed E-state index contributed by atoms with van der Waals surface area (Å²) in [5.41, 5.74) is -0.476. The number of nitrogens with one attached hydrogen (secondary N) is 1. The second-order valence-electron chi connectivity index (χ2n) is 10.1. The molecule has 0 fully saturated rings. The minimum absolute atomic E-state index is 0.0615. The van der Waals surface area contributed by atoms with Crippen LogP contribution in [0.15, 0.2) is 0 Å². The monoisotopic (exact) mass is 455 g/mol. The second kappa shape index (κ2) is 20.4. The van der Waals surface area contributed by atoms with Crippen molar-refractivity contribution in [3.05, 3.63) is 0 Å². The third-order valence-corrected chi connectivity index (χ3v) is 5.53. The molecule has 0 heterocycles. The van der Waals surface area contributed by atoms with Gasteiger partial charge in [-0.2, -0.15) is 0 Å². The zero-order valence-electron chi connectivity index (χ0n) is 21.9. The number of amides is 1. The summed E-state index contributed by atoms with van der Waals surface area (Å²) >= 11 is 0. The second-order valence-corrected chi connectivity index (χ2v) is 10.1. The molecule has 1 unspecified atom stereocenters. The van der Waals surface area contributed by atoms with Crippen molar-refractivity contribution in [2.75, 3.05) is 6.54 Å². The van der Waals surface area contributed by atoms with Gasteiger partial charge in [-0.15, -0.1) is 0 Å². The Hall–Kier alpha value is -1.26. The SMILES string of the molecule is CCCCCCCCCC(CCCCCC)OC(=O)CCCCCNC(=O)OC(C)(C)C. The number of ether oxygens (including phenoxy) is 2. The molecule has 0 saturated carbocycles. The summed E-state index contributed by atoms with van der Waals surface area (Å²) in [6, 6.07) is 0. The predicted octanol–water partition coefficient (Wildman–Crippen LogP) is 8.09. The summed E-state index contributed by atoms with van der Waals surface area (Å²) in [6.45, 7) is 10.6. The van der Waals surface area contributed by atoms with Crippen LogP contribution in [-0.4, -0.2) is 30.3 Å². The maximum Gasteiger partial charge on any atom is 0.407 e. The molecule has 190 valence electrons. The van der Waals surface area contributed by atoms with Gasteiger partial charge in [-0.25, -0.2) is 4.79 Å². The van der Waals surface area contributed by atoms with Gasteiger partial charge in [0.15, 0.2) is 0 Å². The topological polar surface area (TPSA) is 64.6 Å². The molecule has 0 rings (SSSR count). The molecule has 0 aliphatic carbocycles. The summed E-state index contributed by atoms with van der Waals surface area (Å²) < 4.78 is 11.1. The van der Waals surface area contributed by atoms with Gasteiger partial charge in [-0.05, 0) is 59.3 Å². The smallest absolute Gasteiger partial charge is 0.407 e. The van der Waals surface area contributed by atoms with Crippen molar-refractivity contribution in [2.45, 2.75) is 155 Å². The van der Waals surface area contributed by atoms with Crippen molar-refractivity contribution >= 4 is 12.1 Å².